The highest BCUT2D eigenvalue weighted by Crippen LogP contribution is 2.32. The number of fused-ring (bicyclic) bond motifs is 2. The fourth-order valence-electron chi connectivity index (χ4n) is 4.36. The largest absolute Gasteiger partial charge is 0.454 e. The van der Waals surface area contributed by atoms with Gasteiger partial charge < -0.3 is 14.8 Å². The van der Waals surface area contributed by atoms with Crippen molar-refractivity contribution in [2.45, 2.75) is 24.4 Å². The molecule has 2 aliphatic heterocycles. The molecule has 9 heteroatoms. The molecule has 1 atom stereocenters. The molecular weight excluding hydrogens is 454 g/mol. The zero-order valence-corrected chi connectivity index (χ0v) is 19.8. The predicted molar refractivity (Wildman–Crippen MR) is 128 cm³/mol. The van der Waals surface area contributed by atoms with Crippen molar-refractivity contribution in [1.29, 1.82) is 0 Å². The third-order valence-electron chi connectivity index (χ3n) is 6.46. The SMILES string of the molecule is C[C@@H](C(=O)NCc1ccc2c(c1)OCO2)N1CCN(S(=O)(=O)c2ccc3ccccc3c2)CC1. The Morgan fingerprint density at radius 2 is 1.68 bits per heavy atom. The molecule has 0 spiro atoms. The molecule has 1 N–H and O–H groups in total. The molecule has 3 aromatic carbocycles. The van der Waals surface area contributed by atoms with Gasteiger partial charge >= 0.3 is 0 Å². The Labute approximate surface area is 199 Å². The Morgan fingerprint density at radius 3 is 2.47 bits per heavy atom. The summed E-state index contributed by atoms with van der Waals surface area (Å²) in [7, 11) is -3.59. The van der Waals surface area contributed by atoms with Gasteiger partial charge in [-0.15, -0.1) is 0 Å². The average molecular weight is 482 g/mol. The van der Waals surface area contributed by atoms with Gasteiger partial charge in [0.2, 0.25) is 22.7 Å². The maximum Gasteiger partial charge on any atom is 0.243 e. The number of benzene rings is 3. The van der Waals surface area contributed by atoms with Crippen LogP contribution >= 0.6 is 0 Å². The van der Waals surface area contributed by atoms with Crippen LogP contribution in [-0.2, 0) is 21.4 Å². The van der Waals surface area contributed by atoms with Gasteiger partial charge in [0.05, 0.1) is 10.9 Å². The van der Waals surface area contributed by atoms with Crippen LogP contribution in [0, 0.1) is 0 Å². The number of rotatable bonds is 6. The van der Waals surface area contributed by atoms with Gasteiger partial charge in [-0.05, 0) is 47.5 Å². The van der Waals surface area contributed by atoms with Gasteiger partial charge in [-0.25, -0.2) is 8.42 Å². The molecule has 1 saturated heterocycles. The van der Waals surface area contributed by atoms with Crippen LogP contribution in [0.4, 0.5) is 0 Å². The number of amides is 1. The maximum absolute atomic E-state index is 13.2. The summed E-state index contributed by atoms with van der Waals surface area (Å²) in [5, 5.41) is 4.87. The maximum atomic E-state index is 13.2. The van der Waals surface area contributed by atoms with Gasteiger partial charge in [-0.1, -0.05) is 36.4 Å². The zero-order chi connectivity index (χ0) is 23.7. The van der Waals surface area contributed by atoms with Crippen LogP contribution in [0.2, 0.25) is 0 Å². The molecule has 0 bridgehead atoms. The molecule has 8 nitrogen and oxygen atoms in total. The fourth-order valence-corrected chi connectivity index (χ4v) is 5.82. The average Bonchev–Trinajstić information content (AvgIpc) is 3.34. The van der Waals surface area contributed by atoms with Gasteiger partial charge in [0.25, 0.3) is 0 Å². The molecule has 0 aliphatic carbocycles. The molecule has 34 heavy (non-hydrogen) atoms. The molecule has 0 radical (unpaired) electrons. The number of nitrogens with one attached hydrogen (secondary N) is 1. The van der Waals surface area contributed by atoms with E-state index in [1.807, 2.05) is 60.4 Å². The minimum atomic E-state index is -3.59. The first-order valence-corrected chi connectivity index (χ1v) is 12.7. The van der Waals surface area contributed by atoms with Crippen molar-refractivity contribution in [2.24, 2.45) is 0 Å². The van der Waals surface area contributed by atoms with E-state index in [0.29, 0.717) is 49.1 Å². The van der Waals surface area contributed by atoms with E-state index in [1.165, 1.54) is 4.31 Å². The number of hydrogen-bond donors (Lipinski definition) is 1. The first kappa shape index (κ1) is 22.6. The molecule has 1 fully saturated rings. The lowest BCUT2D eigenvalue weighted by atomic mass is 10.1. The third-order valence-corrected chi connectivity index (χ3v) is 8.36. The fraction of sp³-hybridized carbons (Fsp3) is 0.320. The van der Waals surface area contributed by atoms with Crippen molar-refractivity contribution >= 4 is 26.7 Å². The van der Waals surface area contributed by atoms with Gasteiger partial charge in [0.1, 0.15) is 0 Å². The van der Waals surface area contributed by atoms with Crippen LogP contribution in [-0.4, -0.2) is 62.5 Å². The predicted octanol–water partition coefficient (Wildman–Crippen LogP) is 2.58. The van der Waals surface area contributed by atoms with E-state index >= 15 is 0 Å². The number of hydrogen-bond acceptors (Lipinski definition) is 6. The van der Waals surface area contributed by atoms with Crippen LogP contribution in [0.3, 0.4) is 0 Å². The van der Waals surface area contributed by atoms with E-state index in [-0.39, 0.29) is 18.7 Å². The number of sulfonamides is 1. The van der Waals surface area contributed by atoms with Gasteiger partial charge in [0, 0.05) is 32.7 Å². The van der Waals surface area contributed by atoms with E-state index < -0.39 is 10.0 Å². The Bertz CT molecular complexity index is 1320. The van der Waals surface area contributed by atoms with E-state index in [9.17, 15) is 13.2 Å². The summed E-state index contributed by atoms with van der Waals surface area (Å²) in [5.41, 5.74) is 0.927. The second-order valence-corrected chi connectivity index (χ2v) is 10.5. The van der Waals surface area contributed by atoms with Crippen molar-refractivity contribution in [3.05, 3.63) is 66.2 Å². The van der Waals surface area contributed by atoms with E-state index in [1.54, 1.807) is 12.1 Å². The normalized spacial score (nSPS) is 17.6. The van der Waals surface area contributed by atoms with Crippen LogP contribution in [0.1, 0.15) is 12.5 Å². The first-order chi connectivity index (χ1) is 16.4. The minimum Gasteiger partial charge on any atom is -0.454 e. The van der Waals surface area contributed by atoms with Crippen molar-refractivity contribution < 1.29 is 22.7 Å². The monoisotopic (exact) mass is 481 g/mol. The standard InChI is InChI=1S/C25H27N3O5S/c1-18(25(29)26-16-19-6-9-23-24(14-19)33-17-32-23)27-10-12-28(13-11-27)34(30,31)22-8-7-20-4-2-3-5-21(20)15-22/h2-9,14-15,18H,10-13,16-17H2,1H3,(H,26,29)/t18-/m0/s1. The molecule has 0 aromatic heterocycles. The van der Waals surface area contributed by atoms with Crippen LogP contribution in [0.25, 0.3) is 10.8 Å². The highest BCUT2D eigenvalue weighted by Gasteiger charge is 2.32. The Kier molecular flexibility index (Phi) is 6.16. The molecule has 2 heterocycles. The summed E-state index contributed by atoms with van der Waals surface area (Å²) in [5.74, 6) is 1.30. The van der Waals surface area contributed by atoms with Crippen LogP contribution in [0.5, 0.6) is 11.5 Å². The van der Waals surface area contributed by atoms with E-state index in [4.69, 9.17) is 9.47 Å². The van der Waals surface area contributed by atoms with Crippen molar-refractivity contribution in [2.75, 3.05) is 33.0 Å². The second-order valence-electron chi connectivity index (χ2n) is 8.53. The lowest BCUT2D eigenvalue weighted by Crippen LogP contribution is -2.54. The number of carbonyl (C=O) groups is 1. The van der Waals surface area contributed by atoms with Gasteiger partial charge in [-0.3, -0.25) is 9.69 Å². The zero-order valence-electron chi connectivity index (χ0n) is 18.9. The Hall–Kier alpha value is -3.14. The van der Waals surface area contributed by atoms with Crippen molar-refractivity contribution in [3.8, 4) is 11.5 Å². The summed E-state index contributed by atoms with van der Waals surface area (Å²) >= 11 is 0. The van der Waals surface area contributed by atoms with Crippen LogP contribution in [0.15, 0.2) is 65.6 Å². The summed E-state index contributed by atoms with van der Waals surface area (Å²) in [4.78, 5) is 15.0. The smallest absolute Gasteiger partial charge is 0.243 e. The van der Waals surface area contributed by atoms with Crippen molar-refractivity contribution in [1.82, 2.24) is 14.5 Å². The first-order valence-electron chi connectivity index (χ1n) is 11.3. The summed E-state index contributed by atoms with van der Waals surface area (Å²) in [6.45, 7) is 4.12. The van der Waals surface area contributed by atoms with Gasteiger partial charge in [-0.2, -0.15) is 4.31 Å². The molecule has 0 saturated carbocycles. The molecule has 5 rings (SSSR count). The Balaban J connectivity index is 1.17. The lowest BCUT2D eigenvalue weighted by molar-refractivity contribution is -0.126. The second kappa shape index (κ2) is 9.25. The molecule has 3 aromatic rings. The third kappa shape index (κ3) is 4.46. The molecule has 1 amide bonds. The summed E-state index contributed by atoms with van der Waals surface area (Å²) in [6.07, 6.45) is 0. The van der Waals surface area contributed by atoms with E-state index in [0.717, 1.165) is 16.3 Å². The number of ether oxygens (including phenoxy) is 2. The van der Waals surface area contributed by atoms with E-state index in [2.05, 4.69) is 5.32 Å². The number of nitrogens with zero attached hydrogens (tertiary/aromatic N) is 2. The number of carbonyl (C=O) groups excluding carboxylic acids is 1. The highest BCUT2D eigenvalue weighted by atomic mass is 32.2. The molecule has 0 unspecified atom stereocenters. The Morgan fingerprint density at radius 1 is 0.941 bits per heavy atom. The molecule has 178 valence electrons. The quantitative estimate of drug-likeness (QED) is 0.582. The summed E-state index contributed by atoms with van der Waals surface area (Å²) in [6, 6.07) is 18.2. The molecule has 2 aliphatic rings. The minimum absolute atomic E-state index is 0.0940. The summed E-state index contributed by atoms with van der Waals surface area (Å²) < 4.78 is 38.6. The number of piperazine rings is 1. The molecular formula is C25H27N3O5S. The van der Waals surface area contributed by atoms with Gasteiger partial charge in [0.15, 0.2) is 11.5 Å². The topological polar surface area (TPSA) is 88.2 Å². The lowest BCUT2D eigenvalue weighted by Gasteiger charge is -2.36. The van der Waals surface area contributed by atoms with Crippen molar-refractivity contribution in [3.63, 3.8) is 0 Å². The van der Waals surface area contributed by atoms with Crippen LogP contribution < -0.4 is 14.8 Å². The highest BCUT2D eigenvalue weighted by molar-refractivity contribution is 7.89.